The molecule has 6 nitrogen and oxygen atoms in total. The molecule has 1 amide bonds. The standard InChI is InChI=1S/C18H26N4O2S/c1-13(2)22-17(15-10-7-11-24-15)19-20-18(22)25-12-16(23)21(3)14-8-5-4-6-9-14/h7,10-11,13-14H,4-6,8-9,12H2,1-3H3. The number of carbonyl (C=O) groups excluding carboxylic acids is 1. The summed E-state index contributed by atoms with van der Waals surface area (Å²) in [6.07, 6.45) is 7.62. The Morgan fingerprint density at radius 3 is 2.76 bits per heavy atom. The Bertz CT molecular complexity index is 690. The van der Waals surface area contributed by atoms with Gasteiger partial charge in [0.25, 0.3) is 0 Å². The maximum atomic E-state index is 12.6. The van der Waals surface area contributed by atoms with Crippen molar-refractivity contribution in [3.63, 3.8) is 0 Å². The summed E-state index contributed by atoms with van der Waals surface area (Å²) in [4.78, 5) is 14.5. The summed E-state index contributed by atoms with van der Waals surface area (Å²) in [5.41, 5.74) is 0. The molecule has 7 heteroatoms. The Balaban J connectivity index is 1.67. The van der Waals surface area contributed by atoms with E-state index in [0.717, 1.165) is 18.0 Å². The summed E-state index contributed by atoms with van der Waals surface area (Å²) in [7, 11) is 1.93. The molecule has 0 saturated heterocycles. The summed E-state index contributed by atoms with van der Waals surface area (Å²) >= 11 is 1.45. The molecule has 2 aromatic heterocycles. The van der Waals surface area contributed by atoms with Gasteiger partial charge in [-0.25, -0.2) is 0 Å². The Morgan fingerprint density at radius 2 is 2.12 bits per heavy atom. The SMILES string of the molecule is CC(C)n1c(SCC(=O)N(C)C2CCCCC2)nnc1-c1ccco1. The van der Waals surface area contributed by atoms with Crippen molar-refractivity contribution in [3.8, 4) is 11.6 Å². The van der Waals surface area contributed by atoms with Crippen LogP contribution >= 0.6 is 11.8 Å². The molecule has 136 valence electrons. The van der Waals surface area contributed by atoms with Crippen LogP contribution in [0.2, 0.25) is 0 Å². The van der Waals surface area contributed by atoms with Crippen molar-refractivity contribution in [3.05, 3.63) is 18.4 Å². The van der Waals surface area contributed by atoms with Crippen molar-refractivity contribution in [2.75, 3.05) is 12.8 Å². The van der Waals surface area contributed by atoms with Gasteiger partial charge in [0.05, 0.1) is 12.0 Å². The molecule has 1 aliphatic carbocycles. The predicted molar refractivity (Wildman–Crippen MR) is 98.5 cm³/mol. The normalized spacial score (nSPS) is 15.7. The summed E-state index contributed by atoms with van der Waals surface area (Å²) in [6, 6.07) is 4.29. The largest absolute Gasteiger partial charge is 0.461 e. The number of nitrogens with zero attached hydrogens (tertiary/aromatic N) is 4. The van der Waals surface area contributed by atoms with E-state index in [4.69, 9.17) is 4.42 Å². The van der Waals surface area contributed by atoms with Crippen LogP contribution in [0.15, 0.2) is 28.0 Å². The second kappa shape index (κ2) is 8.08. The topological polar surface area (TPSA) is 64.2 Å². The Kier molecular flexibility index (Phi) is 5.83. The fourth-order valence-corrected chi connectivity index (χ4v) is 4.31. The van der Waals surface area contributed by atoms with Crippen molar-refractivity contribution in [2.45, 2.75) is 63.2 Å². The van der Waals surface area contributed by atoms with Crippen LogP contribution in [0.3, 0.4) is 0 Å². The quantitative estimate of drug-likeness (QED) is 0.727. The number of amides is 1. The smallest absolute Gasteiger partial charge is 0.233 e. The molecular weight excluding hydrogens is 336 g/mol. The van der Waals surface area contributed by atoms with Gasteiger partial charge < -0.3 is 9.32 Å². The van der Waals surface area contributed by atoms with Crippen LogP contribution in [0.5, 0.6) is 0 Å². The second-order valence-electron chi connectivity index (χ2n) is 6.83. The van der Waals surface area contributed by atoms with Gasteiger partial charge in [-0.3, -0.25) is 9.36 Å². The molecule has 0 atom stereocenters. The highest BCUT2D eigenvalue weighted by Crippen LogP contribution is 2.28. The van der Waals surface area contributed by atoms with Crippen molar-refractivity contribution >= 4 is 17.7 Å². The minimum atomic E-state index is 0.162. The van der Waals surface area contributed by atoms with Crippen LogP contribution in [0, 0.1) is 0 Å². The molecule has 25 heavy (non-hydrogen) atoms. The van der Waals surface area contributed by atoms with E-state index in [-0.39, 0.29) is 11.9 Å². The molecule has 0 unspecified atom stereocenters. The lowest BCUT2D eigenvalue weighted by molar-refractivity contribution is -0.129. The Morgan fingerprint density at radius 1 is 1.36 bits per heavy atom. The van der Waals surface area contributed by atoms with Crippen LogP contribution in [0.25, 0.3) is 11.6 Å². The molecule has 3 rings (SSSR count). The number of carbonyl (C=O) groups is 1. The van der Waals surface area contributed by atoms with Crippen LogP contribution in [-0.4, -0.2) is 44.4 Å². The molecule has 1 aliphatic rings. The van der Waals surface area contributed by atoms with Crippen LogP contribution in [0.1, 0.15) is 52.0 Å². The third-order valence-corrected chi connectivity index (χ3v) is 5.69. The summed E-state index contributed by atoms with van der Waals surface area (Å²) in [5.74, 6) is 1.94. The maximum Gasteiger partial charge on any atom is 0.233 e. The number of thioether (sulfide) groups is 1. The van der Waals surface area contributed by atoms with Crippen molar-refractivity contribution < 1.29 is 9.21 Å². The highest BCUT2D eigenvalue weighted by molar-refractivity contribution is 7.99. The molecule has 0 bridgehead atoms. The molecule has 0 spiro atoms. The zero-order chi connectivity index (χ0) is 17.8. The van der Waals surface area contributed by atoms with Gasteiger partial charge in [-0.15, -0.1) is 10.2 Å². The van der Waals surface area contributed by atoms with E-state index in [2.05, 4.69) is 24.0 Å². The van der Waals surface area contributed by atoms with E-state index in [1.807, 2.05) is 28.6 Å². The van der Waals surface area contributed by atoms with Crippen molar-refractivity contribution in [1.82, 2.24) is 19.7 Å². The molecule has 1 saturated carbocycles. The van der Waals surface area contributed by atoms with E-state index in [9.17, 15) is 4.79 Å². The van der Waals surface area contributed by atoms with Gasteiger partial charge in [-0.1, -0.05) is 31.0 Å². The summed E-state index contributed by atoms with van der Waals surface area (Å²) in [5, 5.41) is 9.30. The summed E-state index contributed by atoms with van der Waals surface area (Å²) < 4.78 is 7.48. The average molecular weight is 362 g/mol. The van der Waals surface area contributed by atoms with Gasteiger partial charge in [-0.05, 0) is 38.8 Å². The lowest BCUT2D eigenvalue weighted by Crippen LogP contribution is -2.39. The fourth-order valence-electron chi connectivity index (χ4n) is 3.31. The average Bonchev–Trinajstić information content (AvgIpc) is 3.28. The van der Waals surface area contributed by atoms with Crippen LogP contribution in [-0.2, 0) is 4.79 Å². The molecule has 0 radical (unpaired) electrons. The first-order valence-corrected chi connectivity index (χ1v) is 9.93. The number of hydrogen-bond donors (Lipinski definition) is 0. The number of hydrogen-bond acceptors (Lipinski definition) is 5. The molecule has 2 aromatic rings. The van der Waals surface area contributed by atoms with Crippen molar-refractivity contribution in [2.24, 2.45) is 0 Å². The van der Waals surface area contributed by atoms with Crippen molar-refractivity contribution in [1.29, 1.82) is 0 Å². The van der Waals surface area contributed by atoms with Gasteiger partial charge in [0.2, 0.25) is 11.7 Å². The summed E-state index contributed by atoms with van der Waals surface area (Å²) in [6.45, 7) is 4.16. The molecule has 0 aliphatic heterocycles. The predicted octanol–water partition coefficient (Wildman–Crippen LogP) is 4.00. The number of furan rings is 1. The van der Waals surface area contributed by atoms with Gasteiger partial charge in [0.1, 0.15) is 0 Å². The Hall–Kier alpha value is -1.76. The first-order chi connectivity index (χ1) is 12.1. The van der Waals surface area contributed by atoms with Gasteiger partial charge in [0, 0.05) is 19.1 Å². The minimum Gasteiger partial charge on any atom is -0.461 e. The molecule has 1 fully saturated rings. The van der Waals surface area contributed by atoms with E-state index in [0.29, 0.717) is 23.4 Å². The zero-order valence-electron chi connectivity index (χ0n) is 15.1. The molecular formula is C18H26N4O2S. The number of aromatic nitrogens is 3. The van der Waals surface area contributed by atoms with Crippen LogP contribution in [0.4, 0.5) is 0 Å². The fraction of sp³-hybridized carbons (Fsp3) is 0.611. The van der Waals surface area contributed by atoms with Crippen LogP contribution < -0.4 is 0 Å². The van der Waals surface area contributed by atoms with E-state index in [1.165, 1.54) is 31.0 Å². The lowest BCUT2D eigenvalue weighted by atomic mass is 9.94. The lowest BCUT2D eigenvalue weighted by Gasteiger charge is -2.31. The van der Waals surface area contributed by atoms with Gasteiger partial charge >= 0.3 is 0 Å². The third kappa shape index (κ3) is 4.08. The number of rotatable bonds is 6. The maximum absolute atomic E-state index is 12.6. The Labute approximate surface area is 153 Å². The van der Waals surface area contributed by atoms with Gasteiger partial charge in [-0.2, -0.15) is 0 Å². The second-order valence-corrected chi connectivity index (χ2v) is 7.77. The minimum absolute atomic E-state index is 0.162. The van der Waals surface area contributed by atoms with E-state index >= 15 is 0 Å². The molecule has 2 heterocycles. The van der Waals surface area contributed by atoms with E-state index < -0.39 is 0 Å². The first-order valence-electron chi connectivity index (χ1n) is 8.95. The third-order valence-electron chi connectivity index (χ3n) is 4.76. The zero-order valence-corrected chi connectivity index (χ0v) is 16.0. The van der Waals surface area contributed by atoms with Gasteiger partial charge in [0.15, 0.2) is 10.9 Å². The first kappa shape index (κ1) is 18.0. The molecule has 0 N–H and O–H groups in total. The molecule has 0 aromatic carbocycles. The monoisotopic (exact) mass is 362 g/mol. The highest BCUT2D eigenvalue weighted by atomic mass is 32.2. The van der Waals surface area contributed by atoms with E-state index in [1.54, 1.807) is 6.26 Å². The highest BCUT2D eigenvalue weighted by Gasteiger charge is 2.24.